The van der Waals surface area contributed by atoms with E-state index in [1.807, 2.05) is 30.3 Å². The van der Waals surface area contributed by atoms with Gasteiger partial charge < -0.3 is 10.4 Å². The van der Waals surface area contributed by atoms with Crippen LogP contribution in [0.4, 0.5) is 5.69 Å². The molecular formula is C16H12N2O2. The van der Waals surface area contributed by atoms with Crippen LogP contribution in [0.25, 0.3) is 10.9 Å². The summed E-state index contributed by atoms with van der Waals surface area (Å²) in [6.45, 7) is 0. The molecule has 3 rings (SSSR count). The molecule has 4 nitrogen and oxygen atoms in total. The van der Waals surface area contributed by atoms with Gasteiger partial charge in [0.05, 0.1) is 23.0 Å². The number of aromatic nitrogens is 1. The molecule has 0 fully saturated rings. The Bertz CT molecular complexity index is 784. The summed E-state index contributed by atoms with van der Waals surface area (Å²) in [4.78, 5) is 16.3. The van der Waals surface area contributed by atoms with Crippen LogP contribution in [0.3, 0.4) is 0 Å². The van der Waals surface area contributed by atoms with Gasteiger partial charge in [-0.25, -0.2) is 0 Å². The van der Waals surface area contributed by atoms with E-state index in [1.54, 1.807) is 24.4 Å². The third kappa shape index (κ3) is 2.31. The number of para-hydroxylation sites is 2. The fraction of sp³-hybridized carbons (Fsp3) is 0. The van der Waals surface area contributed by atoms with Crippen molar-refractivity contribution in [1.82, 2.24) is 4.98 Å². The highest BCUT2D eigenvalue weighted by atomic mass is 16.3. The van der Waals surface area contributed by atoms with Gasteiger partial charge in [0.1, 0.15) is 5.75 Å². The molecule has 3 aromatic rings. The lowest BCUT2D eigenvalue weighted by atomic mass is 10.1. The molecule has 1 aromatic heterocycles. The van der Waals surface area contributed by atoms with Crippen LogP contribution in [0, 0.1) is 0 Å². The molecule has 0 atom stereocenters. The van der Waals surface area contributed by atoms with Crippen LogP contribution in [-0.4, -0.2) is 16.0 Å². The molecule has 1 amide bonds. The van der Waals surface area contributed by atoms with Crippen molar-refractivity contribution >= 4 is 22.5 Å². The number of carbonyl (C=O) groups is 1. The Morgan fingerprint density at radius 2 is 1.80 bits per heavy atom. The van der Waals surface area contributed by atoms with Crippen molar-refractivity contribution in [2.45, 2.75) is 0 Å². The summed E-state index contributed by atoms with van der Waals surface area (Å²) in [7, 11) is 0. The lowest BCUT2D eigenvalue weighted by molar-refractivity contribution is 0.102. The van der Waals surface area contributed by atoms with Crippen LogP contribution >= 0.6 is 0 Å². The lowest BCUT2D eigenvalue weighted by Crippen LogP contribution is -2.12. The van der Waals surface area contributed by atoms with Crippen LogP contribution in [0.1, 0.15) is 10.4 Å². The molecule has 0 saturated heterocycles. The minimum atomic E-state index is -0.361. The van der Waals surface area contributed by atoms with E-state index in [1.165, 1.54) is 6.07 Å². The molecule has 0 saturated carbocycles. The molecule has 20 heavy (non-hydrogen) atoms. The zero-order valence-electron chi connectivity index (χ0n) is 10.6. The van der Waals surface area contributed by atoms with Crippen LogP contribution in [0.15, 0.2) is 60.8 Å². The Hall–Kier alpha value is -2.88. The number of anilines is 1. The van der Waals surface area contributed by atoms with Crippen molar-refractivity contribution in [3.05, 3.63) is 66.4 Å². The van der Waals surface area contributed by atoms with Gasteiger partial charge in [-0.15, -0.1) is 0 Å². The fourth-order valence-corrected chi connectivity index (χ4v) is 2.00. The third-order valence-corrected chi connectivity index (χ3v) is 3.00. The van der Waals surface area contributed by atoms with E-state index in [0.717, 1.165) is 10.9 Å². The fourth-order valence-electron chi connectivity index (χ4n) is 2.00. The van der Waals surface area contributed by atoms with E-state index in [9.17, 15) is 9.90 Å². The number of aromatic hydroxyl groups is 1. The van der Waals surface area contributed by atoms with Crippen molar-refractivity contribution in [3.8, 4) is 5.75 Å². The standard InChI is InChI=1S/C16H12N2O2/c19-15-8-4-2-6-13(15)16(20)18-12-9-11-5-1-3-7-14(11)17-10-12/h1-10,19H,(H,18,20). The zero-order valence-corrected chi connectivity index (χ0v) is 10.6. The number of benzene rings is 2. The van der Waals surface area contributed by atoms with Crippen LogP contribution in [-0.2, 0) is 0 Å². The average molecular weight is 264 g/mol. The summed E-state index contributed by atoms with van der Waals surface area (Å²) < 4.78 is 0. The molecule has 2 N–H and O–H groups in total. The topological polar surface area (TPSA) is 62.2 Å². The third-order valence-electron chi connectivity index (χ3n) is 3.00. The molecule has 0 bridgehead atoms. The Morgan fingerprint density at radius 1 is 1.05 bits per heavy atom. The smallest absolute Gasteiger partial charge is 0.259 e. The summed E-state index contributed by atoms with van der Waals surface area (Å²) in [6, 6.07) is 15.9. The van der Waals surface area contributed by atoms with Gasteiger partial charge >= 0.3 is 0 Å². The molecule has 98 valence electrons. The zero-order chi connectivity index (χ0) is 13.9. The van der Waals surface area contributed by atoms with Gasteiger partial charge in [-0.1, -0.05) is 30.3 Å². The number of hydrogen-bond donors (Lipinski definition) is 2. The van der Waals surface area contributed by atoms with Crippen molar-refractivity contribution in [1.29, 1.82) is 0 Å². The van der Waals surface area contributed by atoms with Gasteiger partial charge in [-0.3, -0.25) is 9.78 Å². The van der Waals surface area contributed by atoms with Gasteiger partial charge in [0, 0.05) is 5.39 Å². The number of hydrogen-bond acceptors (Lipinski definition) is 3. The van der Waals surface area contributed by atoms with E-state index >= 15 is 0 Å². The number of carbonyl (C=O) groups excluding carboxylic acids is 1. The quantitative estimate of drug-likeness (QED) is 0.747. The summed E-state index contributed by atoms with van der Waals surface area (Å²) >= 11 is 0. The first kappa shape index (κ1) is 12.2. The number of phenols is 1. The maximum atomic E-state index is 12.1. The van der Waals surface area contributed by atoms with Gasteiger partial charge in [-0.2, -0.15) is 0 Å². The highest BCUT2D eigenvalue weighted by Crippen LogP contribution is 2.19. The first-order chi connectivity index (χ1) is 9.74. The first-order valence-electron chi connectivity index (χ1n) is 6.18. The number of pyridine rings is 1. The van der Waals surface area contributed by atoms with E-state index in [0.29, 0.717) is 5.69 Å². The van der Waals surface area contributed by atoms with Crippen molar-refractivity contribution in [3.63, 3.8) is 0 Å². The van der Waals surface area contributed by atoms with Crippen molar-refractivity contribution < 1.29 is 9.90 Å². The molecule has 0 spiro atoms. The summed E-state index contributed by atoms with van der Waals surface area (Å²) in [5.41, 5.74) is 1.70. The van der Waals surface area contributed by atoms with Crippen molar-refractivity contribution in [2.24, 2.45) is 0 Å². The lowest BCUT2D eigenvalue weighted by Gasteiger charge is -2.07. The number of nitrogens with zero attached hydrogens (tertiary/aromatic N) is 1. The summed E-state index contributed by atoms with van der Waals surface area (Å²) in [5.74, 6) is -0.404. The van der Waals surface area contributed by atoms with Crippen LogP contribution < -0.4 is 5.32 Å². The molecule has 0 aliphatic heterocycles. The van der Waals surface area contributed by atoms with Crippen molar-refractivity contribution in [2.75, 3.05) is 5.32 Å². The maximum absolute atomic E-state index is 12.1. The second-order valence-corrected chi connectivity index (χ2v) is 4.39. The first-order valence-corrected chi connectivity index (χ1v) is 6.18. The van der Waals surface area contributed by atoms with Gasteiger partial charge in [-0.05, 0) is 24.3 Å². The van der Waals surface area contributed by atoms with E-state index in [-0.39, 0.29) is 17.2 Å². The molecule has 4 heteroatoms. The predicted octanol–water partition coefficient (Wildman–Crippen LogP) is 3.19. The maximum Gasteiger partial charge on any atom is 0.259 e. The summed E-state index contributed by atoms with van der Waals surface area (Å²) in [5, 5.41) is 13.3. The molecule has 1 heterocycles. The Balaban J connectivity index is 1.89. The highest BCUT2D eigenvalue weighted by Gasteiger charge is 2.10. The predicted molar refractivity (Wildman–Crippen MR) is 77.8 cm³/mol. The highest BCUT2D eigenvalue weighted by molar-refractivity contribution is 6.06. The molecule has 0 aliphatic carbocycles. The minimum Gasteiger partial charge on any atom is -0.507 e. The largest absolute Gasteiger partial charge is 0.507 e. The number of amides is 1. The molecule has 2 aromatic carbocycles. The Morgan fingerprint density at radius 3 is 2.65 bits per heavy atom. The SMILES string of the molecule is O=C(Nc1cnc2ccccc2c1)c1ccccc1O. The van der Waals surface area contributed by atoms with Gasteiger partial charge in [0.25, 0.3) is 5.91 Å². The van der Waals surface area contributed by atoms with Gasteiger partial charge in [0.15, 0.2) is 0 Å². The van der Waals surface area contributed by atoms with Gasteiger partial charge in [0.2, 0.25) is 0 Å². The van der Waals surface area contributed by atoms with E-state index in [2.05, 4.69) is 10.3 Å². The number of phenolic OH excluding ortho intramolecular Hbond substituents is 1. The summed E-state index contributed by atoms with van der Waals surface area (Å²) in [6.07, 6.45) is 1.60. The van der Waals surface area contributed by atoms with Crippen LogP contribution in [0.5, 0.6) is 5.75 Å². The van der Waals surface area contributed by atoms with Crippen LogP contribution in [0.2, 0.25) is 0 Å². The number of rotatable bonds is 2. The Kier molecular flexibility index (Phi) is 3.05. The Labute approximate surface area is 115 Å². The van der Waals surface area contributed by atoms with E-state index in [4.69, 9.17) is 0 Å². The monoisotopic (exact) mass is 264 g/mol. The number of fused-ring (bicyclic) bond motifs is 1. The second-order valence-electron chi connectivity index (χ2n) is 4.39. The molecule has 0 unspecified atom stereocenters. The average Bonchev–Trinajstić information content (AvgIpc) is 2.47. The minimum absolute atomic E-state index is 0.0428. The second kappa shape index (κ2) is 5.01. The molecule has 0 radical (unpaired) electrons. The normalized spacial score (nSPS) is 10.4. The van der Waals surface area contributed by atoms with E-state index < -0.39 is 0 Å². The molecular weight excluding hydrogens is 252 g/mol. The number of nitrogens with one attached hydrogen (secondary N) is 1. The molecule has 0 aliphatic rings.